The van der Waals surface area contributed by atoms with Crippen LogP contribution in [-0.4, -0.2) is 17.2 Å². The fraction of sp³-hybridized carbons (Fsp3) is 0.333. The lowest BCUT2D eigenvalue weighted by Gasteiger charge is -1.90. The van der Waals surface area contributed by atoms with Gasteiger partial charge in [-0.05, 0) is 6.92 Å². The minimum absolute atomic E-state index is 0.0255. The molecule has 1 rings (SSSR count). The molecule has 0 aliphatic rings. The molecule has 0 bridgehead atoms. The van der Waals surface area contributed by atoms with Crippen molar-refractivity contribution >= 4 is 17.1 Å². The largest absolute Gasteiger partial charge is 0.301 e. The Balaban J connectivity index is 2.85. The van der Waals surface area contributed by atoms with Crippen molar-refractivity contribution in [1.82, 2.24) is 4.98 Å². The Labute approximate surface area is 65.9 Å². The van der Waals surface area contributed by atoms with Gasteiger partial charge in [-0.15, -0.1) is 11.3 Å². The molecule has 0 aliphatic heterocycles. The third kappa shape index (κ3) is 1.80. The third-order valence-corrected chi connectivity index (χ3v) is 1.99. The Morgan fingerprint density at radius 2 is 2.36 bits per heavy atom. The van der Waals surface area contributed by atoms with Gasteiger partial charge < -0.3 is 0 Å². The smallest absolute Gasteiger partial charge is 0.287 e. The lowest BCUT2D eigenvalue weighted by molar-refractivity contribution is 0.0683. The van der Waals surface area contributed by atoms with Crippen LogP contribution < -0.4 is 0 Å². The van der Waals surface area contributed by atoms with Crippen molar-refractivity contribution in [2.45, 2.75) is 13.3 Å². The van der Waals surface area contributed by atoms with Crippen molar-refractivity contribution in [3.05, 3.63) is 16.1 Å². The summed E-state index contributed by atoms with van der Waals surface area (Å²) in [7, 11) is 0. The first-order valence-corrected chi connectivity index (χ1v) is 3.67. The molecule has 60 valence electrons. The molecule has 1 heterocycles. The van der Waals surface area contributed by atoms with E-state index < -0.39 is 12.2 Å². The molecule has 0 saturated carbocycles. The number of aryl methyl sites for hydroxylation is 1. The van der Waals surface area contributed by atoms with Crippen LogP contribution in [0.4, 0.5) is 8.78 Å². The van der Waals surface area contributed by atoms with E-state index >= 15 is 0 Å². The number of Topliss-reactive ketones (excluding diaryl/α,β-unsaturated/α-hetero) is 1. The molecule has 0 aliphatic carbocycles. The molecule has 11 heavy (non-hydrogen) atoms. The molecule has 0 spiro atoms. The minimum atomic E-state index is -2.92. The molecule has 0 fully saturated rings. The number of halogens is 2. The van der Waals surface area contributed by atoms with E-state index in [-0.39, 0.29) is 4.88 Å². The molecule has 1 aromatic heterocycles. The number of ketones is 1. The molecule has 0 radical (unpaired) electrons. The number of hydrogen-bond donors (Lipinski definition) is 0. The molecule has 0 saturated heterocycles. The van der Waals surface area contributed by atoms with E-state index in [2.05, 4.69) is 4.98 Å². The van der Waals surface area contributed by atoms with E-state index in [9.17, 15) is 13.6 Å². The lowest BCUT2D eigenvalue weighted by atomic mass is 10.4. The molecular formula is C6H5F2NOS. The van der Waals surface area contributed by atoms with Crippen molar-refractivity contribution in [3.63, 3.8) is 0 Å². The Morgan fingerprint density at radius 1 is 1.73 bits per heavy atom. The van der Waals surface area contributed by atoms with Gasteiger partial charge in [0.25, 0.3) is 0 Å². The number of nitrogens with zero attached hydrogens (tertiary/aromatic N) is 1. The number of aromatic nitrogens is 1. The van der Waals surface area contributed by atoms with E-state index in [0.717, 1.165) is 11.3 Å². The summed E-state index contributed by atoms with van der Waals surface area (Å²) in [6.45, 7) is 1.66. The standard InChI is InChI=1S/C6H5F2NOS/c1-3-9-2-4(11-3)5(10)6(7)8/h2,6H,1H3. The first-order valence-electron chi connectivity index (χ1n) is 2.86. The first-order chi connectivity index (χ1) is 5.11. The maximum Gasteiger partial charge on any atom is 0.301 e. The highest BCUT2D eigenvalue weighted by Crippen LogP contribution is 2.15. The van der Waals surface area contributed by atoms with Crippen LogP contribution in [0, 0.1) is 6.92 Å². The Kier molecular flexibility index (Phi) is 2.28. The number of alkyl halides is 2. The van der Waals surface area contributed by atoms with E-state index in [1.807, 2.05) is 0 Å². The molecule has 0 unspecified atom stereocenters. The normalized spacial score (nSPS) is 10.5. The number of carbonyl (C=O) groups is 1. The zero-order chi connectivity index (χ0) is 8.43. The van der Waals surface area contributed by atoms with Crippen LogP contribution in [0.5, 0.6) is 0 Å². The summed E-state index contributed by atoms with van der Waals surface area (Å²) in [4.78, 5) is 14.3. The van der Waals surface area contributed by atoms with Crippen LogP contribution in [0.15, 0.2) is 6.20 Å². The molecule has 0 N–H and O–H groups in total. The fourth-order valence-electron chi connectivity index (χ4n) is 0.583. The molecule has 2 nitrogen and oxygen atoms in total. The third-order valence-electron chi connectivity index (χ3n) is 1.06. The quantitative estimate of drug-likeness (QED) is 0.646. The molecule has 0 atom stereocenters. The molecule has 0 amide bonds. The van der Waals surface area contributed by atoms with Crippen LogP contribution >= 0.6 is 11.3 Å². The predicted molar refractivity (Wildman–Crippen MR) is 37.2 cm³/mol. The van der Waals surface area contributed by atoms with Crippen LogP contribution in [0.25, 0.3) is 0 Å². The van der Waals surface area contributed by atoms with Gasteiger partial charge in [0.05, 0.1) is 9.88 Å². The molecule has 1 aromatic rings. The average molecular weight is 177 g/mol. The topological polar surface area (TPSA) is 30.0 Å². The van der Waals surface area contributed by atoms with Crippen molar-refractivity contribution in [1.29, 1.82) is 0 Å². The Hall–Kier alpha value is -0.840. The summed E-state index contributed by atoms with van der Waals surface area (Å²) in [6.07, 6.45) is -1.75. The summed E-state index contributed by atoms with van der Waals surface area (Å²) in [6, 6.07) is 0. The first kappa shape index (κ1) is 8.26. The lowest BCUT2D eigenvalue weighted by Crippen LogP contribution is -2.07. The van der Waals surface area contributed by atoms with E-state index in [0.29, 0.717) is 5.01 Å². The van der Waals surface area contributed by atoms with Gasteiger partial charge in [0, 0.05) is 6.20 Å². The predicted octanol–water partition coefficient (Wildman–Crippen LogP) is 1.90. The summed E-state index contributed by atoms with van der Waals surface area (Å²) in [5.41, 5.74) is 0. The van der Waals surface area contributed by atoms with Crippen molar-refractivity contribution in [3.8, 4) is 0 Å². The maximum atomic E-state index is 11.8. The van der Waals surface area contributed by atoms with E-state index in [4.69, 9.17) is 0 Å². The molecular weight excluding hydrogens is 172 g/mol. The molecule has 0 aromatic carbocycles. The summed E-state index contributed by atoms with van der Waals surface area (Å²) < 4.78 is 23.5. The number of carbonyl (C=O) groups excluding carboxylic acids is 1. The Morgan fingerprint density at radius 3 is 2.73 bits per heavy atom. The van der Waals surface area contributed by atoms with Crippen LogP contribution in [0.2, 0.25) is 0 Å². The zero-order valence-electron chi connectivity index (χ0n) is 5.67. The summed E-state index contributed by atoms with van der Waals surface area (Å²) in [5, 5.41) is 0.619. The van der Waals surface area contributed by atoms with Gasteiger partial charge in [0.15, 0.2) is 0 Å². The van der Waals surface area contributed by atoms with Gasteiger partial charge in [-0.25, -0.2) is 13.8 Å². The molecule has 5 heteroatoms. The Bertz CT molecular complexity index is 271. The fourth-order valence-corrected chi connectivity index (χ4v) is 1.30. The highest BCUT2D eigenvalue weighted by Gasteiger charge is 2.19. The highest BCUT2D eigenvalue weighted by atomic mass is 32.1. The van der Waals surface area contributed by atoms with E-state index in [1.54, 1.807) is 6.92 Å². The van der Waals surface area contributed by atoms with Gasteiger partial charge in [-0.2, -0.15) is 0 Å². The van der Waals surface area contributed by atoms with Gasteiger partial charge in [-0.3, -0.25) is 4.79 Å². The zero-order valence-corrected chi connectivity index (χ0v) is 6.49. The second-order valence-electron chi connectivity index (χ2n) is 1.91. The number of thiazole rings is 1. The highest BCUT2D eigenvalue weighted by molar-refractivity contribution is 7.13. The number of hydrogen-bond acceptors (Lipinski definition) is 3. The monoisotopic (exact) mass is 177 g/mol. The van der Waals surface area contributed by atoms with Crippen molar-refractivity contribution < 1.29 is 13.6 Å². The van der Waals surface area contributed by atoms with Crippen LogP contribution in [-0.2, 0) is 0 Å². The number of rotatable bonds is 2. The summed E-state index contributed by atoms with van der Waals surface area (Å²) >= 11 is 0.984. The van der Waals surface area contributed by atoms with Crippen LogP contribution in [0.1, 0.15) is 14.7 Å². The average Bonchev–Trinajstić information content (AvgIpc) is 2.34. The summed E-state index contributed by atoms with van der Waals surface area (Å²) in [5.74, 6) is -1.14. The minimum Gasteiger partial charge on any atom is -0.287 e. The van der Waals surface area contributed by atoms with Gasteiger partial charge in [-0.1, -0.05) is 0 Å². The second-order valence-corrected chi connectivity index (χ2v) is 3.14. The second kappa shape index (κ2) is 3.04. The van der Waals surface area contributed by atoms with Crippen molar-refractivity contribution in [2.24, 2.45) is 0 Å². The van der Waals surface area contributed by atoms with Gasteiger partial charge >= 0.3 is 6.43 Å². The van der Waals surface area contributed by atoms with Gasteiger partial charge in [0.2, 0.25) is 5.78 Å². The SMILES string of the molecule is Cc1ncc(C(=O)C(F)F)s1. The van der Waals surface area contributed by atoms with Crippen LogP contribution in [0.3, 0.4) is 0 Å². The van der Waals surface area contributed by atoms with E-state index in [1.165, 1.54) is 6.20 Å². The van der Waals surface area contributed by atoms with Gasteiger partial charge in [0.1, 0.15) is 0 Å². The maximum absolute atomic E-state index is 11.8. The van der Waals surface area contributed by atoms with Crippen molar-refractivity contribution in [2.75, 3.05) is 0 Å².